The largest absolute Gasteiger partial charge is 0.573 e. The molecule has 0 fully saturated rings. The van der Waals surface area contributed by atoms with Crippen molar-refractivity contribution < 1.29 is 44.3 Å². The first kappa shape index (κ1) is 20.5. The summed E-state index contributed by atoms with van der Waals surface area (Å²) >= 11 is 0. The Morgan fingerprint density at radius 1 is 0.862 bits per heavy atom. The molecular weight excluding hydrogens is 425 g/mol. The fraction of sp³-hybridized carbons (Fsp3) is 0.214. The van der Waals surface area contributed by atoms with Crippen molar-refractivity contribution in [3.05, 3.63) is 35.8 Å². The van der Waals surface area contributed by atoms with Crippen LogP contribution in [0.25, 0.3) is 16.7 Å². The third-order valence-electron chi connectivity index (χ3n) is 3.41. The first-order valence-electron chi connectivity index (χ1n) is 7.24. The third kappa shape index (κ3) is 3.97. The average Bonchev–Trinajstić information content (AvgIpc) is 2.88. The fourth-order valence-electron chi connectivity index (χ4n) is 2.37. The fourth-order valence-corrected chi connectivity index (χ4v) is 2.37. The molecular formula is C14H6F9N5O. The van der Waals surface area contributed by atoms with Crippen LogP contribution in [0.5, 0.6) is 5.75 Å². The Kier molecular flexibility index (Phi) is 4.51. The Morgan fingerprint density at radius 2 is 1.48 bits per heavy atom. The third-order valence-corrected chi connectivity index (χ3v) is 3.41. The van der Waals surface area contributed by atoms with Crippen molar-refractivity contribution in [1.29, 1.82) is 0 Å². The number of para-hydroxylation sites is 2. The summed E-state index contributed by atoms with van der Waals surface area (Å²) in [5, 5.41) is 2.31. The summed E-state index contributed by atoms with van der Waals surface area (Å²) < 4.78 is 120. The standard InChI is InChI=1S/C14H6F9N5O/c15-12(16,17)8-7-9(24)28(27-10(7)26-11(25-8)13(18,19)20)5-3-1-2-4-6(5)29-14(21,22)23/h1-4H,24H2. The Balaban J connectivity index is 2.32. The van der Waals surface area contributed by atoms with Gasteiger partial charge in [-0.2, -0.15) is 26.3 Å². The molecule has 1 aromatic carbocycles. The van der Waals surface area contributed by atoms with Crippen molar-refractivity contribution in [2.45, 2.75) is 18.7 Å². The highest BCUT2D eigenvalue weighted by Crippen LogP contribution is 2.39. The van der Waals surface area contributed by atoms with Crippen LogP contribution in [0.2, 0.25) is 0 Å². The zero-order valence-electron chi connectivity index (χ0n) is 13.5. The maximum Gasteiger partial charge on any atom is 0.573 e. The molecule has 0 aliphatic rings. The SMILES string of the molecule is Nc1c2c(C(F)(F)F)nc(C(F)(F)F)nc2nn1-c1ccccc1OC(F)(F)F. The van der Waals surface area contributed by atoms with Crippen LogP contribution < -0.4 is 10.5 Å². The molecule has 3 rings (SSSR count). The highest BCUT2D eigenvalue weighted by molar-refractivity contribution is 5.90. The van der Waals surface area contributed by atoms with E-state index in [4.69, 9.17) is 5.73 Å². The van der Waals surface area contributed by atoms with Gasteiger partial charge in [-0.05, 0) is 12.1 Å². The summed E-state index contributed by atoms with van der Waals surface area (Å²) in [4.78, 5) is 5.41. The molecule has 2 N–H and O–H groups in total. The number of nitrogens with zero attached hydrogens (tertiary/aromatic N) is 4. The van der Waals surface area contributed by atoms with Crippen LogP contribution in [0.4, 0.5) is 45.3 Å². The van der Waals surface area contributed by atoms with Crippen molar-refractivity contribution in [1.82, 2.24) is 19.7 Å². The van der Waals surface area contributed by atoms with Crippen molar-refractivity contribution in [2.24, 2.45) is 0 Å². The number of alkyl halides is 9. The summed E-state index contributed by atoms with van der Waals surface area (Å²) in [6, 6.07) is 4.06. The number of rotatable bonds is 2. The molecule has 6 nitrogen and oxygen atoms in total. The maximum atomic E-state index is 13.3. The van der Waals surface area contributed by atoms with Crippen molar-refractivity contribution in [2.75, 3.05) is 5.73 Å². The smallest absolute Gasteiger partial charge is 0.403 e. The van der Waals surface area contributed by atoms with Gasteiger partial charge in [0.05, 0.1) is 5.39 Å². The summed E-state index contributed by atoms with van der Waals surface area (Å²) in [6.07, 6.45) is -15.9. The predicted octanol–water partition coefficient (Wildman–Crippen LogP) is 4.33. The molecule has 156 valence electrons. The molecule has 0 aliphatic carbocycles. The van der Waals surface area contributed by atoms with Gasteiger partial charge in [0.25, 0.3) is 0 Å². The van der Waals surface area contributed by atoms with Gasteiger partial charge in [-0.3, -0.25) is 0 Å². The highest BCUT2D eigenvalue weighted by atomic mass is 19.4. The van der Waals surface area contributed by atoms with E-state index in [0.717, 1.165) is 18.2 Å². The van der Waals surface area contributed by atoms with Gasteiger partial charge in [0.1, 0.15) is 11.5 Å². The molecule has 0 amide bonds. The molecule has 0 unspecified atom stereocenters. The van der Waals surface area contributed by atoms with Crippen molar-refractivity contribution in [3.63, 3.8) is 0 Å². The number of nitrogens with two attached hydrogens (primary N) is 1. The normalized spacial score (nSPS) is 13.1. The number of benzene rings is 1. The molecule has 29 heavy (non-hydrogen) atoms. The molecule has 0 radical (unpaired) electrons. The van der Waals surface area contributed by atoms with Gasteiger partial charge >= 0.3 is 18.7 Å². The zero-order chi connectivity index (χ0) is 21.8. The van der Waals surface area contributed by atoms with Gasteiger partial charge in [-0.15, -0.1) is 18.3 Å². The van der Waals surface area contributed by atoms with E-state index < -0.39 is 58.5 Å². The van der Waals surface area contributed by atoms with Crippen LogP contribution in [0.1, 0.15) is 11.5 Å². The van der Waals surface area contributed by atoms with Crippen molar-refractivity contribution in [3.8, 4) is 11.4 Å². The van der Waals surface area contributed by atoms with E-state index in [-0.39, 0.29) is 0 Å². The molecule has 0 bridgehead atoms. The minimum atomic E-state index is -5.38. The second kappa shape index (κ2) is 6.38. The molecule has 15 heteroatoms. The minimum absolute atomic E-state index is 0.357. The second-order valence-electron chi connectivity index (χ2n) is 5.40. The van der Waals surface area contributed by atoms with Gasteiger partial charge in [-0.25, -0.2) is 14.6 Å². The zero-order valence-corrected chi connectivity index (χ0v) is 13.5. The lowest BCUT2D eigenvalue weighted by Crippen LogP contribution is -2.18. The number of nitrogen functional groups attached to an aromatic ring is 1. The summed E-state index contributed by atoms with van der Waals surface area (Å²) in [5.74, 6) is -3.97. The van der Waals surface area contributed by atoms with Gasteiger partial charge in [-0.1, -0.05) is 12.1 Å². The average molecular weight is 431 g/mol. The van der Waals surface area contributed by atoms with Crippen LogP contribution in [-0.4, -0.2) is 26.1 Å². The number of fused-ring (bicyclic) bond motifs is 1. The lowest BCUT2D eigenvalue weighted by atomic mass is 10.2. The van der Waals surface area contributed by atoms with Crippen LogP contribution in [0, 0.1) is 0 Å². The van der Waals surface area contributed by atoms with Crippen LogP contribution in [0.3, 0.4) is 0 Å². The Hall–Kier alpha value is -3.26. The predicted molar refractivity (Wildman–Crippen MR) is 77.8 cm³/mol. The van der Waals surface area contributed by atoms with Gasteiger partial charge < -0.3 is 10.5 Å². The summed E-state index contributed by atoms with van der Waals surface area (Å²) in [5.41, 5.74) is 1.83. The number of hydrogen-bond acceptors (Lipinski definition) is 5. The molecule has 0 saturated heterocycles. The minimum Gasteiger partial charge on any atom is -0.403 e. The van der Waals surface area contributed by atoms with E-state index in [2.05, 4.69) is 19.8 Å². The quantitative estimate of drug-likeness (QED) is 0.611. The number of halogens is 9. The van der Waals surface area contributed by atoms with E-state index in [0.29, 0.717) is 4.68 Å². The Morgan fingerprint density at radius 3 is 2.03 bits per heavy atom. The van der Waals surface area contributed by atoms with Crippen molar-refractivity contribution >= 4 is 16.9 Å². The van der Waals surface area contributed by atoms with Gasteiger partial charge in [0.2, 0.25) is 5.82 Å². The van der Waals surface area contributed by atoms with E-state index >= 15 is 0 Å². The molecule has 3 aromatic rings. The summed E-state index contributed by atoms with van der Waals surface area (Å²) in [7, 11) is 0. The molecule has 0 aliphatic heterocycles. The van der Waals surface area contributed by atoms with Crippen LogP contribution in [-0.2, 0) is 12.4 Å². The first-order valence-corrected chi connectivity index (χ1v) is 7.24. The number of anilines is 1. The molecule has 2 heterocycles. The summed E-state index contributed by atoms with van der Waals surface area (Å²) in [6.45, 7) is 0. The second-order valence-corrected chi connectivity index (χ2v) is 5.40. The van der Waals surface area contributed by atoms with Crippen LogP contribution in [0.15, 0.2) is 24.3 Å². The van der Waals surface area contributed by atoms with Gasteiger partial charge in [0.15, 0.2) is 17.1 Å². The van der Waals surface area contributed by atoms with Gasteiger partial charge in [0, 0.05) is 0 Å². The topological polar surface area (TPSA) is 78.9 Å². The maximum absolute atomic E-state index is 13.3. The molecule has 0 atom stereocenters. The Labute approximate surface area is 153 Å². The number of aromatic nitrogens is 4. The number of ether oxygens (including phenoxy) is 1. The first-order chi connectivity index (χ1) is 13.2. The highest BCUT2D eigenvalue weighted by Gasteiger charge is 2.43. The van der Waals surface area contributed by atoms with Crippen LogP contribution >= 0.6 is 0 Å². The van der Waals surface area contributed by atoms with E-state index in [9.17, 15) is 39.5 Å². The van der Waals surface area contributed by atoms with E-state index in [1.807, 2.05) is 0 Å². The lowest BCUT2D eigenvalue weighted by molar-refractivity contribution is -0.274. The molecule has 2 aromatic heterocycles. The monoisotopic (exact) mass is 431 g/mol. The lowest BCUT2D eigenvalue weighted by Gasteiger charge is -2.13. The molecule has 0 spiro atoms. The van der Waals surface area contributed by atoms with E-state index in [1.165, 1.54) is 6.07 Å². The van der Waals surface area contributed by atoms with E-state index in [1.54, 1.807) is 0 Å². The number of hydrogen-bond donors (Lipinski definition) is 1. The Bertz CT molecular complexity index is 1070. The molecule has 0 saturated carbocycles.